The number of rotatable bonds is 6. The van der Waals surface area contributed by atoms with Crippen LogP contribution in [-0.4, -0.2) is 0 Å². The second-order valence-electron chi connectivity index (χ2n) is 7.41. The van der Waals surface area contributed by atoms with Gasteiger partial charge in [-0.3, -0.25) is 0 Å². The first-order valence-electron chi connectivity index (χ1n) is 9.90. The molecular formula is C24H28F2. The Morgan fingerprint density at radius 2 is 1.69 bits per heavy atom. The fourth-order valence-electron chi connectivity index (χ4n) is 3.96. The minimum absolute atomic E-state index is 0.246. The van der Waals surface area contributed by atoms with Gasteiger partial charge in [-0.25, -0.2) is 8.78 Å². The number of allylic oxidation sites excluding steroid dienone is 2. The minimum Gasteiger partial charge on any atom is -0.207 e. The monoisotopic (exact) mass is 354 g/mol. The third-order valence-electron chi connectivity index (χ3n) is 5.44. The van der Waals surface area contributed by atoms with E-state index in [9.17, 15) is 8.78 Å². The van der Waals surface area contributed by atoms with E-state index in [1.165, 1.54) is 30.9 Å². The van der Waals surface area contributed by atoms with Crippen LogP contribution in [-0.2, 0) is 6.42 Å². The molecule has 0 bridgehead atoms. The lowest BCUT2D eigenvalue weighted by Gasteiger charge is -2.22. The average molecular weight is 354 g/mol. The highest BCUT2D eigenvalue weighted by atomic mass is 19.1. The second kappa shape index (κ2) is 8.62. The van der Waals surface area contributed by atoms with Crippen LogP contribution in [0.4, 0.5) is 8.78 Å². The fourth-order valence-corrected chi connectivity index (χ4v) is 3.96. The maximum Gasteiger partial charge on any atom is 0.131 e. The van der Waals surface area contributed by atoms with Crippen molar-refractivity contribution in [3.05, 3.63) is 65.2 Å². The van der Waals surface area contributed by atoms with Gasteiger partial charge in [0.2, 0.25) is 0 Å². The van der Waals surface area contributed by atoms with E-state index in [1.807, 2.05) is 19.1 Å². The first-order chi connectivity index (χ1) is 12.6. The summed E-state index contributed by atoms with van der Waals surface area (Å²) in [5, 5.41) is 0. The van der Waals surface area contributed by atoms with E-state index in [2.05, 4.69) is 13.0 Å². The van der Waals surface area contributed by atoms with Crippen molar-refractivity contribution in [1.29, 1.82) is 0 Å². The average Bonchev–Trinajstić information content (AvgIpc) is 2.64. The molecule has 0 amide bonds. The van der Waals surface area contributed by atoms with Gasteiger partial charge in [0.1, 0.15) is 11.6 Å². The lowest BCUT2D eigenvalue weighted by molar-refractivity contribution is 0.445. The fraction of sp³-hybridized carbons (Fsp3) is 0.417. The molecule has 2 aromatic carbocycles. The number of benzene rings is 2. The molecule has 0 saturated carbocycles. The lowest BCUT2D eigenvalue weighted by Crippen LogP contribution is -2.05. The van der Waals surface area contributed by atoms with Gasteiger partial charge in [0.25, 0.3) is 0 Å². The van der Waals surface area contributed by atoms with Crippen molar-refractivity contribution < 1.29 is 8.78 Å². The molecule has 0 N–H and O–H groups in total. The Bertz CT molecular complexity index is 789. The quantitative estimate of drug-likeness (QED) is 0.502. The summed E-state index contributed by atoms with van der Waals surface area (Å²) in [4.78, 5) is 0. The Kier molecular flexibility index (Phi) is 6.24. The Morgan fingerprint density at radius 1 is 0.923 bits per heavy atom. The highest BCUT2D eigenvalue weighted by molar-refractivity contribution is 5.71. The first-order valence-corrected chi connectivity index (χ1v) is 9.90. The summed E-state index contributed by atoms with van der Waals surface area (Å²) < 4.78 is 28.9. The third-order valence-corrected chi connectivity index (χ3v) is 5.44. The summed E-state index contributed by atoms with van der Waals surface area (Å²) >= 11 is 0. The van der Waals surface area contributed by atoms with Crippen molar-refractivity contribution in [1.82, 2.24) is 0 Å². The number of aryl methyl sites for hydroxylation is 1. The van der Waals surface area contributed by atoms with E-state index in [4.69, 9.17) is 0 Å². The molecule has 0 aliphatic heterocycles. The van der Waals surface area contributed by atoms with E-state index in [0.717, 1.165) is 30.7 Å². The molecule has 2 aromatic rings. The highest BCUT2D eigenvalue weighted by Crippen LogP contribution is 2.34. The van der Waals surface area contributed by atoms with Gasteiger partial charge in [0.05, 0.1) is 0 Å². The van der Waals surface area contributed by atoms with Crippen LogP contribution in [0.2, 0.25) is 0 Å². The van der Waals surface area contributed by atoms with E-state index >= 15 is 0 Å². The van der Waals surface area contributed by atoms with Gasteiger partial charge >= 0.3 is 0 Å². The Labute approximate surface area is 156 Å². The molecule has 138 valence electrons. The lowest BCUT2D eigenvalue weighted by atomic mass is 9.84. The van der Waals surface area contributed by atoms with Crippen LogP contribution in [0.1, 0.15) is 63.5 Å². The van der Waals surface area contributed by atoms with Crippen molar-refractivity contribution in [2.45, 2.75) is 58.8 Å². The summed E-state index contributed by atoms with van der Waals surface area (Å²) in [6.45, 7) is 4.25. The van der Waals surface area contributed by atoms with Crippen LogP contribution in [0, 0.1) is 17.6 Å². The number of hydrogen-bond donors (Lipinski definition) is 0. The molecule has 0 fully saturated rings. The Balaban J connectivity index is 1.81. The molecule has 0 nitrogen and oxygen atoms in total. The molecule has 1 aliphatic carbocycles. The molecule has 2 heteroatoms. The predicted molar refractivity (Wildman–Crippen MR) is 106 cm³/mol. The minimum atomic E-state index is -0.276. The molecule has 0 heterocycles. The summed E-state index contributed by atoms with van der Waals surface area (Å²) in [6, 6.07) is 10.4. The summed E-state index contributed by atoms with van der Waals surface area (Å²) in [6.07, 6.45) is 9.68. The van der Waals surface area contributed by atoms with E-state index in [-0.39, 0.29) is 11.6 Å². The van der Waals surface area contributed by atoms with Gasteiger partial charge in [-0.1, -0.05) is 63.5 Å². The zero-order valence-corrected chi connectivity index (χ0v) is 15.8. The summed E-state index contributed by atoms with van der Waals surface area (Å²) in [7, 11) is 0. The second-order valence-corrected chi connectivity index (χ2v) is 7.41. The molecule has 1 atom stereocenters. The molecule has 26 heavy (non-hydrogen) atoms. The predicted octanol–water partition coefficient (Wildman–Crippen LogP) is 7.57. The van der Waals surface area contributed by atoms with Crippen LogP contribution in [0.3, 0.4) is 0 Å². The van der Waals surface area contributed by atoms with Crippen LogP contribution in [0.15, 0.2) is 42.5 Å². The van der Waals surface area contributed by atoms with Crippen LogP contribution in [0.25, 0.3) is 16.7 Å². The van der Waals surface area contributed by atoms with Gasteiger partial charge in [-0.05, 0) is 66.0 Å². The maximum atomic E-state index is 14.7. The maximum absolute atomic E-state index is 14.7. The third kappa shape index (κ3) is 4.23. The van der Waals surface area contributed by atoms with Crippen molar-refractivity contribution in [2.75, 3.05) is 0 Å². The zero-order chi connectivity index (χ0) is 18.5. The largest absolute Gasteiger partial charge is 0.207 e. The Morgan fingerprint density at radius 3 is 2.31 bits per heavy atom. The number of hydrogen-bond acceptors (Lipinski definition) is 0. The number of halogens is 2. The standard InChI is InChI=1S/C24H28F2/c1-3-5-17-7-9-18(10-8-17)20-13-14-22(24(26)15-20)21-12-11-19(6-4-2)23(25)16-21/h9,11-17H,3-8,10H2,1-2H3. The highest BCUT2D eigenvalue weighted by Gasteiger charge is 2.16. The SMILES string of the molecule is CCCc1ccc(-c2ccc(C3=CCC(CCC)CC3)cc2F)cc1F. The van der Waals surface area contributed by atoms with Crippen LogP contribution < -0.4 is 0 Å². The zero-order valence-electron chi connectivity index (χ0n) is 15.8. The van der Waals surface area contributed by atoms with E-state index < -0.39 is 0 Å². The molecule has 0 aromatic heterocycles. The van der Waals surface area contributed by atoms with Gasteiger partial charge in [-0.2, -0.15) is 0 Å². The summed E-state index contributed by atoms with van der Waals surface area (Å²) in [5.74, 6) is 0.254. The first kappa shape index (κ1) is 18.8. The molecule has 0 spiro atoms. The Hall–Kier alpha value is -1.96. The topological polar surface area (TPSA) is 0 Å². The van der Waals surface area contributed by atoms with Crippen LogP contribution in [0.5, 0.6) is 0 Å². The van der Waals surface area contributed by atoms with Gasteiger partial charge in [0, 0.05) is 5.56 Å². The van der Waals surface area contributed by atoms with Crippen molar-refractivity contribution >= 4 is 5.57 Å². The van der Waals surface area contributed by atoms with Crippen molar-refractivity contribution in [2.24, 2.45) is 5.92 Å². The molecule has 3 rings (SSSR count). The molecule has 0 saturated heterocycles. The molecule has 0 radical (unpaired) electrons. The molecule has 1 aliphatic rings. The van der Waals surface area contributed by atoms with Gasteiger partial charge in [-0.15, -0.1) is 0 Å². The normalized spacial score (nSPS) is 17.2. The van der Waals surface area contributed by atoms with E-state index in [1.54, 1.807) is 18.2 Å². The van der Waals surface area contributed by atoms with Crippen molar-refractivity contribution in [3.8, 4) is 11.1 Å². The molecular weight excluding hydrogens is 326 g/mol. The summed E-state index contributed by atoms with van der Waals surface area (Å²) in [5.41, 5.74) is 3.97. The molecule has 1 unspecified atom stereocenters. The van der Waals surface area contributed by atoms with E-state index in [0.29, 0.717) is 23.1 Å². The van der Waals surface area contributed by atoms with Gasteiger partial charge in [0.15, 0.2) is 0 Å². The van der Waals surface area contributed by atoms with Crippen LogP contribution >= 0.6 is 0 Å². The van der Waals surface area contributed by atoms with Gasteiger partial charge < -0.3 is 0 Å². The smallest absolute Gasteiger partial charge is 0.131 e. The van der Waals surface area contributed by atoms with Crippen molar-refractivity contribution in [3.63, 3.8) is 0 Å².